The monoisotopic (exact) mass is 685 g/mol. The number of fused-ring (bicyclic) bond motifs is 1. The van der Waals surface area contributed by atoms with Gasteiger partial charge >= 0.3 is 12.5 Å². The number of nitrogens with zero attached hydrogens (tertiary/aromatic N) is 3. The number of hydrogen-bond acceptors (Lipinski definition) is 8. The molecule has 1 N–H and O–H groups in total. The molecule has 0 bridgehead atoms. The highest BCUT2D eigenvalue weighted by Crippen LogP contribution is 2.46. The molecule has 6 rings (SSSR count). The van der Waals surface area contributed by atoms with Crippen molar-refractivity contribution in [3.63, 3.8) is 0 Å². The van der Waals surface area contributed by atoms with Gasteiger partial charge in [0.05, 0.1) is 17.2 Å². The van der Waals surface area contributed by atoms with Crippen LogP contribution >= 0.6 is 11.6 Å². The molecule has 3 heterocycles. The van der Waals surface area contributed by atoms with Gasteiger partial charge in [-0.1, -0.05) is 17.7 Å². The third-order valence-corrected chi connectivity index (χ3v) is 8.31. The number of aliphatic hydroxyl groups excluding tert-OH is 1. The Morgan fingerprint density at radius 3 is 2.33 bits per heavy atom. The van der Waals surface area contributed by atoms with Gasteiger partial charge in [0.1, 0.15) is 16.7 Å². The molecule has 5 aromatic rings. The van der Waals surface area contributed by atoms with Crippen molar-refractivity contribution < 1.29 is 53.8 Å². The SMILES string of the molecule is Cc1nc(-c2cc(-c3cc(F)c(CO)c(S(C)(=O)=O)c3)ccc2-n2nc(C(F)(F)F)cc2Cl)c(-c2ccc3c(c2)OC(F)(F)O3)o1. The lowest BCUT2D eigenvalue weighted by atomic mass is 9.97. The third kappa shape index (κ3) is 5.67. The molecular formula is C29H18ClF6N3O6S. The maximum atomic E-state index is 15.0. The number of aromatic nitrogens is 3. The predicted octanol–water partition coefficient (Wildman–Crippen LogP) is 7.20. The van der Waals surface area contributed by atoms with Gasteiger partial charge in [-0.25, -0.2) is 22.5 Å². The van der Waals surface area contributed by atoms with Gasteiger partial charge in [-0.3, -0.25) is 0 Å². The van der Waals surface area contributed by atoms with Crippen LogP contribution in [0.1, 0.15) is 17.1 Å². The second kappa shape index (κ2) is 10.8. The lowest BCUT2D eigenvalue weighted by molar-refractivity contribution is -0.286. The maximum Gasteiger partial charge on any atom is 0.586 e. The van der Waals surface area contributed by atoms with Gasteiger partial charge in [-0.05, 0) is 53.6 Å². The van der Waals surface area contributed by atoms with Crippen molar-refractivity contribution in [2.24, 2.45) is 0 Å². The highest BCUT2D eigenvalue weighted by molar-refractivity contribution is 7.90. The van der Waals surface area contributed by atoms with E-state index in [1.165, 1.54) is 43.3 Å². The molecule has 240 valence electrons. The molecule has 0 unspecified atom stereocenters. The Balaban J connectivity index is 1.60. The zero-order valence-corrected chi connectivity index (χ0v) is 24.9. The van der Waals surface area contributed by atoms with E-state index in [9.17, 15) is 35.5 Å². The summed E-state index contributed by atoms with van der Waals surface area (Å²) in [5, 5.41) is 12.8. The average molecular weight is 686 g/mol. The lowest BCUT2D eigenvalue weighted by Gasteiger charge is -2.15. The highest BCUT2D eigenvalue weighted by atomic mass is 35.5. The Labute approximate surface area is 260 Å². The number of benzene rings is 3. The van der Waals surface area contributed by atoms with E-state index >= 15 is 4.39 Å². The number of halogens is 7. The molecule has 0 amide bonds. The minimum atomic E-state index is -4.85. The zero-order chi connectivity index (χ0) is 33.3. The highest BCUT2D eigenvalue weighted by Gasteiger charge is 2.43. The number of ether oxygens (including phenoxy) is 2. The van der Waals surface area contributed by atoms with E-state index in [1.54, 1.807) is 0 Å². The Morgan fingerprint density at radius 2 is 1.67 bits per heavy atom. The van der Waals surface area contributed by atoms with Crippen LogP contribution in [0.4, 0.5) is 26.3 Å². The van der Waals surface area contributed by atoms with Crippen LogP contribution in [0.2, 0.25) is 5.15 Å². The molecule has 0 aliphatic carbocycles. The molecule has 0 fully saturated rings. The molecule has 0 atom stereocenters. The van der Waals surface area contributed by atoms with Crippen molar-refractivity contribution in [3.05, 3.63) is 82.7 Å². The van der Waals surface area contributed by atoms with E-state index in [1.807, 2.05) is 0 Å². The molecule has 2 aromatic heterocycles. The normalized spacial score (nSPS) is 14.2. The van der Waals surface area contributed by atoms with Crippen molar-refractivity contribution in [3.8, 4) is 50.9 Å². The fraction of sp³-hybridized carbons (Fsp3) is 0.172. The number of alkyl halides is 5. The van der Waals surface area contributed by atoms with Gasteiger partial charge in [0.2, 0.25) is 0 Å². The molecular weight excluding hydrogens is 668 g/mol. The Morgan fingerprint density at radius 1 is 0.978 bits per heavy atom. The van der Waals surface area contributed by atoms with E-state index in [0.717, 1.165) is 23.1 Å². The topological polar surface area (TPSA) is 117 Å². The summed E-state index contributed by atoms with van der Waals surface area (Å²) in [6, 6.07) is 10.5. The summed E-state index contributed by atoms with van der Waals surface area (Å²) in [5.41, 5.74) is -1.45. The van der Waals surface area contributed by atoms with Gasteiger partial charge in [-0.15, -0.1) is 8.78 Å². The number of hydrogen-bond donors (Lipinski definition) is 1. The van der Waals surface area contributed by atoms with E-state index in [4.69, 9.17) is 16.0 Å². The van der Waals surface area contributed by atoms with E-state index in [2.05, 4.69) is 19.6 Å². The zero-order valence-electron chi connectivity index (χ0n) is 23.3. The summed E-state index contributed by atoms with van der Waals surface area (Å²) < 4.78 is 124. The fourth-order valence-electron chi connectivity index (χ4n) is 4.91. The van der Waals surface area contributed by atoms with Gasteiger partial charge in [0.15, 0.2) is 38.7 Å². The van der Waals surface area contributed by atoms with Crippen LogP contribution in [-0.2, 0) is 22.6 Å². The summed E-state index contributed by atoms with van der Waals surface area (Å²) in [5.74, 6) is -1.58. The molecule has 1 aliphatic heterocycles. The first-order chi connectivity index (χ1) is 21.4. The second-order valence-electron chi connectivity index (χ2n) is 10.1. The Kier molecular flexibility index (Phi) is 7.37. The number of aryl methyl sites for hydroxylation is 1. The summed E-state index contributed by atoms with van der Waals surface area (Å²) >= 11 is 6.19. The minimum Gasteiger partial charge on any atom is -0.440 e. The largest absolute Gasteiger partial charge is 0.586 e. The van der Waals surface area contributed by atoms with Crippen LogP contribution in [0.5, 0.6) is 11.5 Å². The first kappa shape index (κ1) is 31.4. The van der Waals surface area contributed by atoms with Crippen molar-refractivity contribution >= 4 is 21.4 Å². The summed E-state index contributed by atoms with van der Waals surface area (Å²) in [6.45, 7) is 0.558. The molecule has 0 saturated heterocycles. The van der Waals surface area contributed by atoms with Gasteiger partial charge in [-0.2, -0.15) is 18.3 Å². The molecule has 0 saturated carbocycles. The molecule has 9 nitrogen and oxygen atoms in total. The number of aliphatic hydroxyl groups is 1. The lowest BCUT2D eigenvalue weighted by Crippen LogP contribution is -2.25. The first-order valence-electron chi connectivity index (χ1n) is 12.9. The molecule has 3 aromatic carbocycles. The summed E-state index contributed by atoms with van der Waals surface area (Å²) in [4.78, 5) is 3.91. The molecule has 46 heavy (non-hydrogen) atoms. The Bertz CT molecular complexity index is 2150. The first-order valence-corrected chi connectivity index (χ1v) is 15.2. The number of oxazole rings is 1. The quantitative estimate of drug-likeness (QED) is 0.187. The van der Waals surface area contributed by atoms with Gasteiger partial charge < -0.3 is 19.0 Å². The minimum absolute atomic E-state index is 0.0177. The van der Waals surface area contributed by atoms with Crippen LogP contribution in [0.25, 0.3) is 39.4 Å². The molecule has 0 spiro atoms. The van der Waals surface area contributed by atoms with Crippen LogP contribution in [0, 0.1) is 12.7 Å². The maximum absolute atomic E-state index is 15.0. The van der Waals surface area contributed by atoms with Crippen LogP contribution in [0.15, 0.2) is 63.9 Å². The van der Waals surface area contributed by atoms with Crippen LogP contribution < -0.4 is 9.47 Å². The van der Waals surface area contributed by atoms with E-state index in [-0.39, 0.29) is 56.8 Å². The summed E-state index contributed by atoms with van der Waals surface area (Å²) in [6.07, 6.45) is -7.93. The Hall–Kier alpha value is -4.54. The molecule has 1 aliphatic rings. The van der Waals surface area contributed by atoms with Gasteiger partial charge in [0, 0.05) is 35.9 Å². The average Bonchev–Trinajstić information content (AvgIpc) is 3.64. The number of sulfone groups is 1. The number of rotatable bonds is 6. The van der Waals surface area contributed by atoms with Gasteiger partial charge in [0.25, 0.3) is 0 Å². The second-order valence-corrected chi connectivity index (χ2v) is 12.5. The third-order valence-electron chi connectivity index (χ3n) is 6.88. The van der Waals surface area contributed by atoms with E-state index in [0.29, 0.717) is 6.07 Å². The molecule has 0 radical (unpaired) electrons. The summed E-state index contributed by atoms with van der Waals surface area (Å²) in [7, 11) is -4.02. The predicted molar refractivity (Wildman–Crippen MR) is 150 cm³/mol. The van der Waals surface area contributed by atoms with Crippen molar-refractivity contribution in [2.75, 3.05) is 6.26 Å². The molecule has 17 heteroatoms. The van der Waals surface area contributed by atoms with Crippen molar-refractivity contribution in [1.29, 1.82) is 0 Å². The van der Waals surface area contributed by atoms with E-state index < -0.39 is 56.0 Å². The smallest absolute Gasteiger partial charge is 0.440 e. The van der Waals surface area contributed by atoms with Crippen LogP contribution in [0.3, 0.4) is 0 Å². The van der Waals surface area contributed by atoms with Crippen molar-refractivity contribution in [1.82, 2.24) is 14.8 Å². The fourth-order valence-corrected chi connectivity index (χ4v) is 6.10. The standard InChI is InChI=1S/C29H18ClF6N3O6S/c1-13-37-26(27(43-13)15-4-6-21-22(9-15)45-29(35,36)44-21)17-7-14(16-8-19(31)18(12-40)23(10-16)46(2,41)42)3-5-20(17)39-25(30)11-24(38-39)28(32,33)34/h3-11,40H,12H2,1-2H3. The van der Waals surface area contributed by atoms with Crippen molar-refractivity contribution in [2.45, 2.75) is 30.9 Å². The van der Waals surface area contributed by atoms with Crippen LogP contribution in [-0.4, -0.2) is 40.8 Å².